The second-order valence-corrected chi connectivity index (χ2v) is 11.8. The maximum absolute atomic E-state index is 14.5. The lowest BCUT2D eigenvalue weighted by Gasteiger charge is -2.31. The van der Waals surface area contributed by atoms with Gasteiger partial charge in [-0.25, -0.2) is 14.4 Å². The lowest BCUT2D eigenvalue weighted by Crippen LogP contribution is -2.29. The average molecular weight is 544 g/mol. The predicted molar refractivity (Wildman–Crippen MR) is 161 cm³/mol. The van der Waals surface area contributed by atoms with Gasteiger partial charge in [0.15, 0.2) is 0 Å². The highest BCUT2D eigenvalue weighted by Gasteiger charge is 2.28. The maximum Gasteiger partial charge on any atom is 0.131 e. The van der Waals surface area contributed by atoms with Crippen LogP contribution in [0, 0.1) is 11.7 Å². The Bertz CT molecular complexity index is 1430. The number of imidazole rings is 1. The average Bonchev–Trinajstić information content (AvgIpc) is 3.40. The minimum atomic E-state index is -0.221. The molecule has 3 heterocycles. The summed E-state index contributed by atoms with van der Waals surface area (Å²) >= 11 is 0. The van der Waals surface area contributed by atoms with Crippen LogP contribution in [0.5, 0.6) is 0 Å². The fourth-order valence-electron chi connectivity index (χ4n) is 6.23. The number of ether oxygens (including phenoxy) is 1. The van der Waals surface area contributed by atoms with Crippen LogP contribution >= 0.6 is 0 Å². The number of benzene rings is 2. The van der Waals surface area contributed by atoms with Crippen LogP contribution in [-0.2, 0) is 17.2 Å². The van der Waals surface area contributed by atoms with E-state index < -0.39 is 0 Å². The van der Waals surface area contributed by atoms with Crippen molar-refractivity contribution in [3.63, 3.8) is 0 Å². The van der Waals surface area contributed by atoms with Crippen LogP contribution in [0.3, 0.4) is 0 Å². The van der Waals surface area contributed by atoms with Crippen LogP contribution in [0.2, 0.25) is 0 Å². The molecule has 0 saturated carbocycles. The predicted octanol–water partition coefficient (Wildman–Crippen LogP) is 6.60. The van der Waals surface area contributed by atoms with E-state index in [-0.39, 0.29) is 11.2 Å². The lowest BCUT2D eigenvalue weighted by molar-refractivity contribution is 0.0565. The number of nitrogens with one attached hydrogen (secondary N) is 1. The first-order valence-corrected chi connectivity index (χ1v) is 14.5. The van der Waals surface area contributed by atoms with Crippen molar-refractivity contribution in [2.75, 3.05) is 32.0 Å². The number of aromatic nitrogens is 3. The number of halogens is 1. The standard InChI is InChI=1S/C33H42FN5O/c1-33(2,32-37-17-18-39(32)3)14-16-36-15-6-8-26(23-12-19-40-20-13-23)28-22-25-21-24(10-11-30(25)38-31(28)35)27-7-4-5-9-29(27)34/h4-5,7,9-11,17-18,21-23,26,36H,6,8,12-16,19-20H2,1-3H3,(H2,35,38). The first-order chi connectivity index (χ1) is 19.3. The molecule has 5 rings (SSSR count). The Hall–Kier alpha value is -3.29. The van der Waals surface area contributed by atoms with Gasteiger partial charge in [-0.3, -0.25) is 0 Å². The third-order valence-corrected chi connectivity index (χ3v) is 8.52. The zero-order chi connectivity index (χ0) is 28.1. The van der Waals surface area contributed by atoms with E-state index in [1.165, 1.54) is 6.07 Å². The molecule has 6 nitrogen and oxygen atoms in total. The van der Waals surface area contributed by atoms with Crippen molar-refractivity contribution in [2.24, 2.45) is 13.0 Å². The summed E-state index contributed by atoms with van der Waals surface area (Å²) < 4.78 is 22.3. The first-order valence-electron chi connectivity index (χ1n) is 14.5. The smallest absolute Gasteiger partial charge is 0.131 e. The molecular formula is C33H42FN5O. The van der Waals surface area contributed by atoms with Gasteiger partial charge in [-0.05, 0) is 92.4 Å². The Balaban J connectivity index is 1.29. The Morgan fingerprint density at radius 3 is 2.67 bits per heavy atom. The first kappa shape index (κ1) is 28.2. The summed E-state index contributed by atoms with van der Waals surface area (Å²) in [6, 6.07) is 15.0. The third kappa shape index (κ3) is 6.37. The van der Waals surface area contributed by atoms with Gasteiger partial charge in [0, 0.05) is 49.0 Å². The largest absolute Gasteiger partial charge is 0.383 e. The van der Waals surface area contributed by atoms with E-state index in [1.54, 1.807) is 6.07 Å². The number of fused-ring (bicyclic) bond motifs is 1. The van der Waals surface area contributed by atoms with Crippen molar-refractivity contribution < 1.29 is 9.13 Å². The molecule has 1 unspecified atom stereocenters. The quantitative estimate of drug-likeness (QED) is 0.208. The summed E-state index contributed by atoms with van der Waals surface area (Å²) in [7, 11) is 2.06. The van der Waals surface area contributed by atoms with Crippen molar-refractivity contribution in [3.05, 3.63) is 78.1 Å². The molecule has 1 aliphatic rings. The molecule has 1 saturated heterocycles. The molecule has 2 aromatic heterocycles. The van der Waals surface area contributed by atoms with Crippen LogP contribution in [0.4, 0.5) is 10.2 Å². The monoisotopic (exact) mass is 543 g/mol. The van der Waals surface area contributed by atoms with E-state index >= 15 is 0 Å². The summed E-state index contributed by atoms with van der Waals surface area (Å²) in [5, 5.41) is 4.66. The fourth-order valence-corrected chi connectivity index (χ4v) is 6.23. The van der Waals surface area contributed by atoms with Crippen LogP contribution in [0.25, 0.3) is 22.0 Å². The lowest BCUT2D eigenvalue weighted by atomic mass is 9.78. The molecule has 0 aliphatic carbocycles. The molecule has 0 spiro atoms. The zero-order valence-electron chi connectivity index (χ0n) is 24.0. The van der Waals surface area contributed by atoms with E-state index in [4.69, 9.17) is 15.5 Å². The number of aryl methyl sites for hydroxylation is 1. The Labute approximate surface area is 237 Å². The van der Waals surface area contributed by atoms with Gasteiger partial charge in [-0.2, -0.15) is 0 Å². The molecule has 0 radical (unpaired) electrons. The molecule has 4 aromatic rings. The minimum Gasteiger partial charge on any atom is -0.383 e. The SMILES string of the molecule is Cn1ccnc1C(C)(C)CCNCCCC(c1cc2cc(-c3ccccc3F)ccc2nc1N)C1CCOCC1. The van der Waals surface area contributed by atoms with Gasteiger partial charge in [0.25, 0.3) is 0 Å². The van der Waals surface area contributed by atoms with Crippen molar-refractivity contribution in [1.29, 1.82) is 0 Å². The highest BCUT2D eigenvalue weighted by Crippen LogP contribution is 2.39. The molecule has 1 fully saturated rings. The Morgan fingerprint density at radius 2 is 1.93 bits per heavy atom. The molecule has 40 heavy (non-hydrogen) atoms. The topological polar surface area (TPSA) is 78.0 Å². The second-order valence-electron chi connectivity index (χ2n) is 11.8. The van der Waals surface area contributed by atoms with Gasteiger partial charge in [0.1, 0.15) is 17.5 Å². The number of anilines is 1. The molecule has 0 bridgehead atoms. The van der Waals surface area contributed by atoms with Gasteiger partial charge >= 0.3 is 0 Å². The van der Waals surface area contributed by atoms with Crippen LogP contribution in [0.15, 0.2) is 60.9 Å². The Kier molecular flexibility index (Phi) is 8.81. The van der Waals surface area contributed by atoms with Crippen molar-refractivity contribution in [1.82, 2.24) is 19.9 Å². The summed E-state index contributed by atoms with van der Waals surface area (Å²) in [5.74, 6) is 2.32. The molecule has 7 heteroatoms. The van der Waals surface area contributed by atoms with Crippen LogP contribution in [0.1, 0.15) is 63.3 Å². The number of nitrogens with two attached hydrogens (primary N) is 1. The molecule has 1 atom stereocenters. The van der Waals surface area contributed by atoms with E-state index in [1.807, 2.05) is 42.7 Å². The molecule has 1 aliphatic heterocycles. The normalized spacial score (nSPS) is 15.5. The van der Waals surface area contributed by atoms with E-state index in [0.717, 1.165) is 86.3 Å². The van der Waals surface area contributed by atoms with Crippen molar-refractivity contribution >= 4 is 16.7 Å². The third-order valence-electron chi connectivity index (χ3n) is 8.52. The van der Waals surface area contributed by atoms with Gasteiger partial charge in [-0.1, -0.05) is 38.1 Å². The second kappa shape index (κ2) is 12.5. The highest BCUT2D eigenvalue weighted by atomic mass is 19.1. The van der Waals surface area contributed by atoms with Gasteiger partial charge < -0.3 is 20.4 Å². The van der Waals surface area contributed by atoms with Gasteiger partial charge in [-0.15, -0.1) is 0 Å². The van der Waals surface area contributed by atoms with Gasteiger partial charge in [0.2, 0.25) is 0 Å². The number of hydrogen-bond acceptors (Lipinski definition) is 5. The molecule has 3 N–H and O–H groups in total. The number of rotatable bonds is 11. The molecule has 2 aromatic carbocycles. The zero-order valence-corrected chi connectivity index (χ0v) is 24.0. The summed E-state index contributed by atoms with van der Waals surface area (Å²) in [4.78, 5) is 9.35. The highest BCUT2D eigenvalue weighted by molar-refractivity contribution is 5.86. The minimum absolute atomic E-state index is 0.0165. The van der Waals surface area contributed by atoms with Crippen LogP contribution < -0.4 is 11.1 Å². The van der Waals surface area contributed by atoms with Crippen LogP contribution in [-0.4, -0.2) is 40.8 Å². The number of hydrogen-bond donors (Lipinski definition) is 2. The van der Waals surface area contributed by atoms with Crippen molar-refractivity contribution in [2.45, 2.75) is 57.3 Å². The molecule has 212 valence electrons. The summed E-state index contributed by atoms with van der Waals surface area (Å²) in [6.45, 7) is 7.99. The fraction of sp³-hybridized carbons (Fsp3) is 0.455. The number of pyridine rings is 1. The summed E-state index contributed by atoms with van der Waals surface area (Å²) in [6.07, 6.45) is 9.05. The van der Waals surface area contributed by atoms with E-state index in [9.17, 15) is 4.39 Å². The maximum atomic E-state index is 14.5. The Morgan fingerprint density at radius 1 is 1.12 bits per heavy atom. The summed E-state index contributed by atoms with van der Waals surface area (Å²) in [5.41, 5.74) is 10.0. The van der Waals surface area contributed by atoms with Crippen molar-refractivity contribution in [3.8, 4) is 11.1 Å². The van der Waals surface area contributed by atoms with Gasteiger partial charge in [0.05, 0.1) is 5.52 Å². The molecule has 0 amide bonds. The number of nitrogen functional groups attached to an aromatic ring is 1. The molecular weight excluding hydrogens is 501 g/mol. The van der Waals surface area contributed by atoms with E-state index in [0.29, 0.717) is 23.2 Å². The van der Waals surface area contributed by atoms with E-state index in [2.05, 4.69) is 41.8 Å². The number of nitrogens with zero attached hydrogens (tertiary/aromatic N) is 3.